The van der Waals surface area contributed by atoms with Crippen molar-refractivity contribution in [2.45, 2.75) is 13.5 Å². The molecule has 0 atom stereocenters. The summed E-state index contributed by atoms with van der Waals surface area (Å²) in [4.78, 5) is 12.4. The zero-order valence-corrected chi connectivity index (χ0v) is 15.3. The lowest BCUT2D eigenvalue weighted by Crippen LogP contribution is -2.13. The van der Waals surface area contributed by atoms with Gasteiger partial charge < -0.3 is 11.1 Å². The minimum absolute atomic E-state index is 0.230. The van der Waals surface area contributed by atoms with Gasteiger partial charge >= 0.3 is 0 Å². The Morgan fingerprint density at radius 3 is 2.57 bits per heavy atom. The molecule has 4 rings (SSSR count). The number of carbonyl (C=O) groups is 1. The molecular weight excluding hydrogens is 355 g/mol. The van der Waals surface area contributed by atoms with E-state index in [2.05, 4.69) is 10.4 Å². The second-order valence-corrected chi connectivity index (χ2v) is 6.62. The van der Waals surface area contributed by atoms with Gasteiger partial charge in [-0.3, -0.25) is 9.48 Å². The molecule has 5 nitrogen and oxygen atoms in total. The first-order chi connectivity index (χ1) is 13.5. The van der Waals surface area contributed by atoms with Crippen LogP contribution < -0.4 is 11.1 Å². The van der Waals surface area contributed by atoms with Gasteiger partial charge in [0.1, 0.15) is 5.82 Å². The second kappa shape index (κ2) is 7.15. The van der Waals surface area contributed by atoms with Crippen molar-refractivity contribution in [2.24, 2.45) is 0 Å². The molecule has 0 aliphatic carbocycles. The Morgan fingerprint density at radius 2 is 1.82 bits per heavy atom. The molecular formula is C22H19FN4O. The Balaban J connectivity index is 1.53. The number of nitrogens with zero attached hydrogens (tertiary/aromatic N) is 2. The summed E-state index contributed by atoms with van der Waals surface area (Å²) >= 11 is 0. The standard InChI is InChI=1S/C22H19FN4O/c1-14-21-17(23)5-4-8-20(21)27(26-14)13-15-9-11-16(12-10-15)22(28)25-19-7-3-2-6-18(19)24/h2-12H,13,24H2,1H3,(H,25,28). The molecule has 0 aliphatic rings. The number of benzene rings is 3. The number of fused-ring (bicyclic) bond motifs is 1. The van der Waals surface area contributed by atoms with E-state index in [0.29, 0.717) is 34.6 Å². The van der Waals surface area contributed by atoms with E-state index in [4.69, 9.17) is 5.73 Å². The lowest BCUT2D eigenvalue weighted by molar-refractivity contribution is 0.102. The topological polar surface area (TPSA) is 72.9 Å². The van der Waals surface area contributed by atoms with Gasteiger partial charge in [-0.15, -0.1) is 0 Å². The van der Waals surface area contributed by atoms with Crippen LogP contribution in [0.5, 0.6) is 0 Å². The molecule has 3 aromatic carbocycles. The summed E-state index contributed by atoms with van der Waals surface area (Å²) in [5.41, 5.74) is 9.85. The monoisotopic (exact) mass is 374 g/mol. The SMILES string of the molecule is Cc1nn(Cc2ccc(C(=O)Nc3ccccc3N)cc2)c2cccc(F)c12. The highest BCUT2D eigenvalue weighted by Gasteiger charge is 2.12. The molecule has 3 N–H and O–H groups in total. The van der Waals surface area contributed by atoms with Crippen LogP contribution in [0.1, 0.15) is 21.6 Å². The van der Waals surface area contributed by atoms with Crippen LogP contribution in [0.15, 0.2) is 66.7 Å². The highest BCUT2D eigenvalue weighted by atomic mass is 19.1. The quantitative estimate of drug-likeness (QED) is 0.521. The number of nitrogens with two attached hydrogens (primary N) is 1. The van der Waals surface area contributed by atoms with Crippen LogP contribution >= 0.6 is 0 Å². The van der Waals surface area contributed by atoms with E-state index in [-0.39, 0.29) is 11.7 Å². The number of para-hydroxylation sites is 2. The van der Waals surface area contributed by atoms with Crippen LogP contribution in [0, 0.1) is 12.7 Å². The molecule has 0 spiro atoms. The lowest BCUT2D eigenvalue weighted by Gasteiger charge is -2.09. The fourth-order valence-electron chi connectivity index (χ4n) is 3.23. The molecule has 0 saturated heterocycles. The summed E-state index contributed by atoms with van der Waals surface area (Å²) in [6.07, 6.45) is 0. The van der Waals surface area contributed by atoms with Crippen molar-refractivity contribution in [2.75, 3.05) is 11.1 Å². The van der Waals surface area contributed by atoms with Crippen LogP contribution in [0.3, 0.4) is 0 Å². The Morgan fingerprint density at radius 1 is 1.07 bits per heavy atom. The van der Waals surface area contributed by atoms with Crippen molar-refractivity contribution < 1.29 is 9.18 Å². The van der Waals surface area contributed by atoms with Gasteiger partial charge in [-0.1, -0.05) is 30.3 Å². The normalized spacial score (nSPS) is 10.9. The third-order valence-corrected chi connectivity index (χ3v) is 4.66. The number of amides is 1. The minimum atomic E-state index is -0.270. The highest BCUT2D eigenvalue weighted by Crippen LogP contribution is 2.22. The Labute approximate surface area is 161 Å². The van der Waals surface area contributed by atoms with E-state index < -0.39 is 0 Å². The summed E-state index contributed by atoms with van der Waals surface area (Å²) in [5, 5.41) is 7.80. The van der Waals surface area contributed by atoms with Crippen molar-refractivity contribution in [3.05, 3.63) is 89.4 Å². The van der Waals surface area contributed by atoms with Crippen LogP contribution in [0.2, 0.25) is 0 Å². The van der Waals surface area contributed by atoms with E-state index in [1.807, 2.05) is 30.3 Å². The maximum Gasteiger partial charge on any atom is 0.255 e. The smallest absolute Gasteiger partial charge is 0.255 e. The van der Waals surface area contributed by atoms with E-state index >= 15 is 0 Å². The number of rotatable bonds is 4. The molecule has 140 valence electrons. The summed E-state index contributed by atoms with van der Waals surface area (Å²) in [6, 6.07) is 19.3. The molecule has 0 bridgehead atoms. The third-order valence-electron chi connectivity index (χ3n) is 4.66. The van der Waals surface area contributed by atoms with E-state index in [1.165, 1.54) is 6.07 Å². The lowest BCUT2D eigenvalue weighted by atomic mass is 10.1. The summed E-state index contributed by atoms with van der Waals surface area (Å²) in [7, 11) is 0. The third kappa shape index (κ3) is 3.32. The average molecular weight is 374 g/mol. The largest absolute Gasteiger partial charge is 0.397 e. The predicted octanol–water partition coefficient (Wildman–Crippen LogP) is 4.37. The van der Waals surface area contributed by atoms with Gasteiger partial charge in [-0.2, -0.15) is 5.10 Å². The summed E-state index contributed by atoms with van der Waals surface area (Å²) < 4.78 is 15.8. The second-order valence-electron chi connectivity index (χ2n) is 6.62. The molecule has 0 aliphatic heterocycles. The van der Waals surface area contributed by atoms with Gasteiger partial charge in [0, 0.05) is 5.56 Å². The number of nitrogen functional groups attached to an aromatic ring is 1. The van der Waals surface area contributed by atoms with Crippen LogP contribution in [0.25, 0.3) is 10.9 Å². The molecule has 1 amide bonds. The van der Waals surface area contributed by atoms with Gasteiger partial charge in [0.25, 0.3) is 5.91 Å². The van der Waals surface area contributed by atoms with Gasteiger partial charge in [0.05, 0.1) is 34.5 Å². The maximum absolute atomic E-state index is 14.0. The van der Waals surface area contributed by atoms with Crippen LogP contribution in [-0.2, 0) is 6.54 Å². The predicted molar refractivity (Wildman–Crippen MR) is 109 cm³/mol. The Bertz CT molecular complexity index is 1170. The summed E-state index contributed by atoms with van der Waals surface area (Å²) in [5.74, 6) is -0.500. The zero-order valence-electron chi connectivity index (χ0n) is 15.3. The first-order valence-electron chi connectivity index (χ1n) is 8.89. The van der Waals surface area contributed by atoms with E-state index in [9.17, 15) is 9.18 Å². The van der Waals surface area contributed by atoms with Crippen molar-refractivity contribution in [1.82, 2.24) is 9.78 Å². The number of hydrogen-bond donors (Lipinski definition) is 2. The minimum Gasteiger partial charge on any atom is -0.397 e. The number of halogens is 1. The van der Waals surface area contributed by atoms with Gasteiger partial charge in [-0.25, -0.2) is 4.39 Å². The molecule has 0 saturated carbocycles. The van der Waals surface area contributed by atoms with Gasteiger partial charge in [0.2, 0.25) is 0 Å². The number of aryl methyl sites for hydroxylation is 1. The molecule has 0 radical (unpaired) electrons. The first-order valence-corrected chi connectivity index (χ1v) is 8.89. The average Bonchev–Trinajstić information content (AvgIpc) is 3.01. The van der Waals surface area contributed by atoms with Crippen LogP contribution in [-0.4, -0.2) is 15.7 Å². The molecule has 1 heterocycles. The van der Waals surface area contributed by atoms with Crippen molar-refractivity contribution in [3.63, 3.8) is 0 Å². The van der Waals surface area contributed by atoms with Gasteiger partial charge in [-0.05, 0) is 48.9 Å². The van der Waals surface area contributed by atoms with Crippen molar-refractivity contribution in [3.8, 4) is 0 Å². The Hall–Kier alpha value is -3.67. The van der Waals surface area contributed by atoms with Crippen molar-refractivity contribution in [1.29, 1.82) is 0 Å². The van der Waals surface area contributed by atoms with E-state index in [0.717, 1.165) is 11.1 Å². The Kier molecular flexibility index (Phi) is 4.53. The van der Waals surface area contributed by atoms with Gasteiger partial charge in [0.15, 0.2) is 0 Å². The number of carbonyl (C=O) groups excluding carboxylic acids is 1. The summed E-state index contributed by atoms with van der Waals surface area (Å²) in [6.45, 7) is 2.28. The molecule has 6 heteroatoms. The molecule has 0 fully saturated rings. The fourth-order valence-corrected chi connectivity index (χ4v) is 3.23. The molecule has 1 aromatic heterocycles. The van der Waals surface area contributed by atoms with Crippen molar-refractivity contribution >= 4 is 28.2 Å². The number of nitrogens with one attached hydrogen (secondary N) is 1. The number of aromatic nitrogens is 2. The molecule has 28 heavy (non-hydrogen) atoms. The first kappa shape index (κ1) is 17.7. The number of hydrogen-bond acceptors (Lipinski definition) is 3. The van der Waals surface area contributed by atoms with Crippen LogP contribution in [0.4, 0.5) is 15.8 Å². The molecule has 4 aromatic rings. The molecule has 0 unspecified atom stereocenters. The maximum atomic E-state index is 14.0. The van der Waals surface area contributed by atoms with E-state index in [1.54, 1.807) is 41.9 Å². The highest BCUT2D eigenvalue weighted by molar-refractivity contribution is 6.05. The number of anilines is 2. The zero-order chi connectivity index (χ0) is 19.7. The fraction of sp³-hybridized carbons (Fsp3) is 0.0909.